The molecule has 1 heterocycles. The zero-order valence-electron chi connectivity index (χ0n) is 11.2. The van der Waals surface area contributed by atoms with Gasteiger partial charge in [-0.2, -0.15) is 4.31 Å². The highest BCUT2D eigenvalue weighted by atomic mass is 32.2. The van der Waals surface area contributed by atoms with E-state index >= 15 is 0 Å². The van der Waals surface area contributed by atoms with Gasteiger partial charge in [-0.1, -0.05) is 12.2 Å². The smallest absolute Gasteiger partial charge is 0.322 e. The molecular formula is C13H14FNO5S. The molecule has 0 fully saturated rings. The second-order valence-electron chi connectivity index (χ2n) is 4.43. The van der Waals surface area contributed by atoms with Crippen molar-refractivity contribution >= 4 is 16.0 Å². The van der Waals surface area contributed by atoms with Crippen molar-refractivity contribution in [1.82, 2.24) is 4.31 Å². The average molecular weight is 315 g/mol. The number of benzene rings is 1. The van der Waals surface area contributed by atoms with Crippen molar-refractivity contribution in [2.75, 3.05) is 13.7 Å². The first-order valence-corrected chi connectivity index (χ1v) is 7.55. The third-order valence-corrected chi connectivity index (χ3v) is 5.04. The number of carbonyl (C=O) groups is 1. The SMILES string of the molecule is COc1cc(S(=O)(=O)N2CC=CCC2C(=O)O)ccc1F. The van der Waals surface area contributed by atoms with E-state index in [4.69, 9.17) is 9.84 Å². The summed E-state index contributed by atoms with van der Waals surface area (Å²) < 4.78 is 44.1. The summed E-state index contributed by atoms with van der Waals surface area (Å²) in [5.74, 6) is -2.13. The van der Waals surface area contributed by atoms with Gasteiger partial charge in [-0.15, -0.1) is 0 Å². The molecule has 1 aromatic rings. The zero-order valence-corrected chi connectivity index (χ0v) is 12.0. The number of halogens is 1. The van der Waals surface area contributed by atoms with Gasteiger partial charge in [0.05, 0.1) is 12.0 Å². The number of rotatable bonds is 4. The fourth-order valence-corrected chi connectivity index (χ4v) is 3.63. The summed E-state index contributed by atoms with van der Waals surface area (Å²) in [5.41, 5.74) is 0. The molecule has 0 spiro atoms. The molecule has 0 saturated heterocycles. The Bertz CT molecular complexity index is 686. The van der Waals surface area contributed by atoms with Crippen molar-refractivity contribution in [2.45, 2.75) is 17.4 Å². The molecule has 114 valence electrons. The second-order valence-corrected chi connectivity index (χ2v) is 6.32. The summed E-state index contributed by atoms with van der Waals surface area (Å²) in [7, 11) is -2.83. The number of methoxy groups -OCH3 is 1. The molecule has 1 aliphatic heterocycles. The van der Waals surface area contributed by atoms with Crippen molar-refractivity contribution in [3.05, 3.63) is 36.2 Å². The van der Waals surface area contributed by atoms with Crippen molar-refractivity contribution in [1.29, 1.82) is 0 Å². The Balaban J connectivity index is 2.45. The van der Waals surface area contributed by atoms with Crippen LogP contribution in [-0.2, 0) is 14.8 Å². The maximum Gasteiger partial charge on any atom is 0.322 e. The molecule has 0 radical (unpaired) electrons. The normalized spacial score (nSPS) is 19.4. The lowest BCUT2D eigenvalue weighted by Crippen LogP contribution is -2.46. The molecule has 1 aromatic carbocycles. The lowest BCUT2D eigenvalue weighted by atomic mass is 10.1. The highest BCUT2D eigenvalue weighted by molar-refractivity contribution is 7.89. The molecule has 1 unspecified atom stereocenters. The first kappa shape index (κ1) is 15.5. The van der Waals surface area contributed by atoms with Gasteiger partial charge < -0.3 is 9.84 Å². The Morgan fingerprint density at radius 1 is 1.43 bits per heavy atom. The fraction of sp³-hybridized carbons (Fsp3) is 0.308. The van der Waals surface area contributed by atoms with Crippen LogP contribution in [0.1, 0.15) is 6.42 Å². The number of ether oxygens (including phenoxy) is 1. The van der Waals surface area contributed by atoms with Crippen LogP contribution >= 0.6 is 0 Å². The van der Waals surface area contributed by atoms with E-state index in [0.717, 1.165) is 22.5 Å². The standard InChI is InChI=1S/C13H14FNO5S/c1-20-12-8-9(5-6-10(12)14)21(18,19)15-7-3-2-4-11(15)13(16)17/h2-3,5-6,8,11H,4,7H2,1H3,(H,16,17). The van der Waals surface area contributed by atoms with Crippen LogP contribution in [0.4, 0.5) is 4.39 Å². The Morgan fingerprint density at radius 2 is 2.14 bits per heavy atom. The van der Waals surface area contributed by atoms with Crippen LogP contribution in [0, 0.1) is 5.82 Å². The van der Waals surface area contributed by atoms with E-state index in [1.165, 1.54) is 7.11 Å². The minimum absolute atomic E-state index is 0.0427. The van der Waals surface area contributed by atoms with Gasteiger partial charge in [0, 0.05) is 12.6 Å². The van der Waals surface area contributed by atoms with Gasteiger partial charge in [0.25, 0.3) is 0 Å². The fourth-order valence-electron chi connectivity index (χ4n) is 2.07. The van der Waals surface area contributed by atoms with Gasteiger partial charge in [-0.25, -0.2) is 12.8 Å². The highest BCUT2D eigenvalue weighted by Gasteiger charge is 2.36. The summed E-state index contributed by atoms with van der Waals surface area (Å²) in [6.07, 6.45) is 3.29. The van der Waals surface area contributed by atoms with Gasteiger partial charge in [-0.3, -0.25) is 4.79 Å². The van der Waals surface area contributed by atoms with Crippen molar-refractivity contribution in [3.8, 4) is 5.75 Å². The topological polar surface area (TPSA) is 83.9 Å². The van der Waals surface area contributed by atoms with E-state index in [9.17, 15) is 17.6 Å². The number of carboxylic acid groups (broad SMARTS) is 1. The van der Waals surface area contributed by atoms with Crippen LogP contribution in [0.2, 0.25) is 0 Å². The Hall–Kier alpha value is -1.93. The number of hydrogen-bond donors (Lipinski definition) is 1. The number of nitrogens with zero attached hydrogens (tertiary/aromatic N) is 1. The molecule has 8 heteroatoms. The van der Waals surface area contributed by atoms with E-state index < -0.39 is 27.9 Å². The first-order valence-electron chi connectivity index (χ1n) is 6.11. The molecule has 0 aliphatic carbocycles. The van der Waals surface area contributed by atoms with E-state index in [1.54, 1.807) is 12.2 Å². The number of aliphatic carboxylic acids is 1. The molecule has 21 heavy (non-hydrogen) atoms. The lowest BCUT2D eigenvalue weighted by Gasteiger charge is -2.29. The monoisotopic (exact) mass is 315 g/mol. The zero-order chi connectivity index (χ0) is 15.6. The van der Waals surface area contributed by atoms with Crippen molar-refractivity contribution < 1.29 is 27.4 Å². The molecular weight excluding hydrogens is 301 g/mol. The molecule has 1 atom stereocenters. The van der Waals surface area contributed by atoms with Crippen LogP contribution in [-0.4, -0.2) is 43.5 Å². The van der Waals surface area contributed by atoms with E-state index in [1.807, 2.05) is 0 Å². The van der Waals surface area contributed by atoms with Crippen molar-refractivity contribution in [3.63, 3.8) is 0 Å². The summed E-state index contributed by atoms with van der Waals surface area (Å²) >= 11 is 0. The Morgan fingerprint density at radius 3 is 2.76 bits per heavy atom. The van der Waals surface area contributed by atoms with E-state index in [0.29, 0.717) is 0 Å². The largest absolute Gasteiger partial charge is 0.494 e. The Labute approximate surface area is 121 Å². The minimum Gasteiger partial charge on any atom is -0.494 e. The lowest BCUT2D eigenvalue weighted by molar-refractivity contribution is -0.141. The molecule has 1 N–H and O–H groups in total. The quantitative estimate of drug-likeness (QED) is 0.845. The molecule has 0 bridgehead atoms. The van der Waals surface area contributed by atoms with Crippen LogP contribution in [0.15, 0.2) is 35.2 Å². The predicted molar refractivity (Wildman–Crippen MR) is 72.0 cm³/mol. The number of hydrogen-bond acceptors (Lipinski definition) is 4. The third-order valence-electron chi connectivity index (χ3n) is 3.17. The molecule has 2 rings (SSSR count). The number of carboxylic acids is 1. The highest BCUT2D eigenvalue weighted by Crippen LogP contribution is 2.27. The van der Waals surface area contributed by atoms with Crippen LogP contribution in [0.3, 0.4) is 0 Å². The maximum absolute atomic E-state index is 13.4. The molecule has 0 aromatic heterocycles. The molecule has 6 nitrogen and oxygen atoms in total. The number of sulfonamides is 1. The van der Waals surface area contributed by atoms with E-state index in [-0.39, 0.29) is 23.6 Å². The van der Waals surface area contributed by atoms with Gasteiger partial charge in [0.1, 0.15) is 6.04 Å². The van der Waals surface area contributed by atoms with Gasteiger partial charge in [-0.05, 0) is 18.6 Å². The molecule has 0 saturated carbocycles. The minimum atomic E-state index is -4.05. The van der Waals surface area contributed by atoms with Crippen LogP contribution in [0.25, 0.3) is 0 Å². The van der Waals surface area contributed by atoms with Crippen LogP contribution in [0.5, 0.6) is 5.75 Å². The maximum atomic E-state index is 13.4. The summed E-state index contributed by atoms with van der Waals surface area (Å²) in [5, 5.41) is 9.14. The van der Waals surface area contributed by atoms with Crippen molar-refractivity contribution in [2.24, 2.45) is 0 Å². The Kier molecular flexibility index (Phi) is 4.29. The van der Waals surface area contributed by atoms with Gasteiger partial charge in [0.2, 0.25) is 10.0 Å². The second kappa shape index (κ2) is 5.82. The summed E-state index contributed by atoms with van der Waals surface area (Å²) in [6.45, 7) is -0.0427. The van der Waals surface area contributed by atoms with E-state index in [2.05, 4.69) is 0 Å². The molecule has 1 aliphatic rings. The van der Waals surface area contributed by atoms with Crippen LogP contribution < -0.4 is 4.74 Å². The van der Waals surface area contributed by atoms with Gasteiger partial charge in [0.15, 0.2) is 11.6 Å². The summed E-state index contributed by atoms with van der Waals surface area (Å²) in [6, 6.07) is 1.93. The average Bonchev–Trinajstić information content (AvgIpc) is 2.47. The third kappa shape index (κ3) is 2.91. The summed E-state index contributed by atoms with van der Waals surface area (Å²) in [4.78, 5) is 11.0. The van der Waals surface area contributed by atoms with Gasteiger partial charge >= 0.3 is 5.97 Å². The first-order chi connectivity index (χ1) is 9.87. The molecule has 0 amide bonds. The predicted octanol–water partition coefficient (Wildman–Crippen LogP) is 1.24.